The molecular formula is C25H29F9N4O8. The molecule has 4 N–H and O–H groups in total. The van der Waals surface area contributed by atoms with Gasteiger partial charge in [0.25, 0.3) is 0 Å². The molecular weight excluding hydrogens is 655 g/mol. The van der Waals surface area contributed by atoms with Gasteiger partial charge in [0.05, 0.1) is 24.5 Å². The first-order valence-electron chi connectivity index (χ1n) is 13.0. The van der Waals surface area contributed by atoms with Crippen LogP contribution in [0.1, 0.15) is 35.9 Å². The molecule has 2 aromatic rings. The Kier molecular flexibility index (Phi) is 15.9. The van der Waals surface area contributed by atoms with Crippen molar-refractivity contribution < 1.29 is 78.7 Å². The average molecular weight is 685 g/mol. The van der Waals surface area contributed by atoms with Crippen LogP contribution in [0, 0.1) is 5.92 Å². The Bertz CT molecular complexity index is 1180. The number of pyridine rings is 1. The van der Waals surface area contributed by atoms with Crippen LogP contribution in [0.2, 0.25) is 0 Å². The number of nitrogens with one attached hydrogen (secondary N) is 1. The number of carboxylic acid groups (broad SMARTS) is 3. The Balaban J connectivity index is 0.000000413. The van der Waals surface area contributed by atoms with Crippen LogP contribution < -0.4 is 5.32 Å². The first kappa shape index (κ1) is 40.0. The van der Waals surface area contributed by atoms with E-state index in [1.165, 1.54) is 5.56 Å². The number of rotatable bonds is 6. The van der Waals surface area contributed by atoms with Crippen molar-refractivity contribution in [2.45, 2.75) is 50.4 Å². The monoisotopic (exact) mass is 684 g/mol. The number of alkyl halides is 9. The molecule has 0 amide bonds. The van der Waals surface area contributed by atoms with Gasteiger partial charge in [-0.3, -0.25) is 9.67 Å². The van der Waals surface area contributed by atoms with Crippen molar-refractivity contribution in [2.75, 3.05) is 32.9 Å². The summed E-state index contributed by atoms with van der Waals surface area (Å²) in [7, 11) is 0. The van der Waals surface area contributed by atoms with Crippen molar-refractivity contribution in [3.63, 3.8) is 0 Å². The summed E-state index contributed by atoms with van der Waals surface area (Å²) >= 11 is 0. The average Bonchev–Trinajstić information content (AvgIpc) is 3.37. The smallest absolute Gasteiger partial charge is 0.475 e. The predicted molar refractivity (Wildman–Crippen MR) is 135 cm³/mol. The first-order chi connectivity index (χ1) is 21.2. The van der Waals surface area contributed by atoms with E-state index in [2.05, 4.69) is 16.5 Å². The maximum atomic E-state index is 10.6. The molecule has 2 aliphatic rings. The maximum Gasteiger partial charge on any atom is 0.490 e. The summed E-state index contributed by atoms with van der Waals surface area (Å²) in [5, 5.41) is 29.7. The van der Waals surface area contributed by atoms with Gasteiger partial charge in [-0.05, 0) is 49.4 Å². The summed E-state index contributed by atoms with van der Waals surface area (Å²) in [5.74, 6) is -7.55. The molecule has 1 fully saturated rings. The molecule has 0 aliphatic carbocycles. The summed E-state index contributed by atoms with van der Waals surface area (Å²) in [6, 6.07) is 5.98. The van der Waals surface area contributed by atoms with Crippen molar-refractivity contribution in [2.24, 2.45) is 5.92 Å². The second-order valence-corrected chi connectivity index (χ2v) is 9.29. The minimum Gasteiger partial charge on any atom is -0.475 e. The summed E-state index contributed by atoms with van der Waals surface area (Å²) in [4.78, 5) is 31.1. The second-order valence-electron chi connectivity index (χ2n) is 9.29. The third kappa shape index (κ3) is 15.8. The Morgan fingerprint density at radius 1 is 0.848 bits per heavy atom. The molecule has 0 bridgehead atoms. The molecule has 21 heteroatoms. The molecule has 12 nitrogen and oxygen atoms in total. The van der Waals surface area contributed by atoms with Gasteiger partial charge in [-0.1, -0.05) is 6.07 Å². The van der Waals surface area contributed by atoms with Gasteiger partial charge >= 0.3 is 36.4 Å². The minimum atomic E-state index is -5.08. The van der Waals surface area contributed by atoms with E-state index >= 15 is 0 Å². The maximum absolute atomic E-state index is 10.6. The molecule has 4 heterocycles. The highest BCUT2D eigenvalue weighted by Gasteiger charge is 2.39. The summed E-state index contributed by atoms with van der Waals surface area (Å²) in [6.45, 7) is 5.13. The van der Waals surface area contributed by atoms with Crippen LogP contribution in [0.25, 0.3) is 0 Å². The SMILES string of the molecule is O=C(O)C(F)(F)F.O=C(O)C(F)(F)F.O=C(O)C(F)(F)F.c1ccc(Cn2cc3c(n2)C(CNCC2CCOCC2)OCC3)nc1. The number of ether oxygens (including phenoxy) is 2. The molecule has 2 aromatic heterocycles. The van der Waals surface area contributed by atoms with Crippen LogP contribution >= 0.6 is 0 Å². The van der Waals surface area contributed by atoms with Crippen LogP contribution in [0.15, 0.2) is 30.6 Å². The first-order valence-corrected chi connectivity index (χ1v) is 13.0. The van der Waals surface area contributed by atoms with Gasteiger partial charge in [0.15, 0.2) is 0 Å². The Morgan fingerprint density at radius 2 is 1.37 bits per heavy atom. The van der Waals surface area contributed by atoms with Crippen LogP contribution in [0.4, 0.5) is 39.5 Å². The number of carbonyl (C=O) groups is 3. The number of aromatic nitrogens is 3. The fourth-order valence-electron chi connectivity index (χ4n) is 3.59. The highest BCUT2D eigenvalue weighted by molar-refractivity contribution is 5.73. The standard InChI is InChI=1S/C19H26N4O2.3C2HF3O2/c1-2-7-21-17(3-1)14-23-13-16-6-10-25-18(19(16)22-23)12-20-11-15-4-8-24-9-5-15;3*3-2(4,5)1(6)7/h1-3,7,13,15,18,20H,4-6,8-12,14H2;3*(H,6,7). The van der Waals surface area contributed by atoms with E-state index in [1.54, 1.807) is 0 Å². The number of aliphatic carboxylic acids is 3. The molecule has 46 heavy (non-hydrogen) atoms. The molecule has 0 aromatic carbocycles. The van der Waals surface area contributed by atoms with E-state index in [0.29, 0.717) is 6.54 Å². The summed E-state index contributed by atoms with van der Waals surface area (Å²) in [6.07, 6.45) is -7.98. The van der Waals surface area contributed by atoms with Gasteiger partial charge in [0, 0.05) is 32.2 Å². The van der Waals surface area contributed by atoms with Gasteiger partial charge in [-0.25, -0.2) is 14.4 Å². The number of fused-ring (bicyclic) bond motifs is 1. The molecule has 1 unspecified atom stereocenters. The topological polar surface area (TPSA) is 173 Å². The Morgan fingerprint density at radius 3 is 1.83 bits per heavy atom. The minimum absolute atomic E-state index is 0.0496. The molecule has 0 saturated carbocycles. The summed E-state index contributed by atoms with van der Waals surface area (Å²) < 4.78 is 109. The lowest BCUT2D eigenvalue weighted by Crippen LogP contribution is -2.33. The van der Waals surface area contributed by atoms with E-state index in [-0.39, 0.29) is 6.10 Å². The zero-order chi connectivity index (χ0) is 35.1. The number of nitrogens with zero attached hydrogens (tertiary/aromatic N) is 3. The third-order valence-electron chi connectivity index (χ3n) is 5.75. The van der Waals surface area contributed by atoms with Crippen molar-refractivity contribution in [1.29, 1.82) is 0 Å². The lowest BCUT2D eigenvalue weighted by Gasteiger charge is -2.25. The zero-order valence-corrected chi connectivity index (χ0v) is 23.5. The summed E-state index contributed by atoms with van der Waals surface area (Å²) in [5.41, 5.74) is 3.42. The lowest BCUT2D eigenvalue weighted by molar-refractivity contribution is -0.193. The van der Waals surface area contributed by atoms with Gasteiger partial charge in [-0.2, -0.15) is 44.6 Å². The number of hydrogen-bond acceptors (Lipinski definition) is 8. The van der Waals surface area contributed by atoms with E-state index in [0.717, 1.165) is 69.5 Å². The van der Waals surface area contributed by atoms with E-state index < -0.39 is 36.4 Å². The molecule has 0 spiro atoms. The fraction of sp³-hybridized carbons (Fsp3) is 0.560. The van der Waals surface area contributed by atoms with Crippen LogP contribution in [0.3, 0.4) is 0 Å². The van der Waals surface area contributed by atoms with Crippen LogP contribution in [0.5, 0.6) is 0 Å². The zero-order valence-electron chi connectivity index (χ0n) is 23.5. The number of carboxylic acids is 3. The largest absolute Gasteiger partial charge is 0.490 e. The second kappa shape index (κ2) is 18.2. The van der Waals surface area contributed by atoms with Crippen molar-refractivity contribution >= 4 is 17.9 Å². The normalized spacial score (nSPS) is 16.7. The van der Waals surface area contributed by atoms with Crippen molar-refractivity contribution in [1.82, 2.24) is 20.1 Å². The predicted octanol–water partition coefficient (Wildman–Crippen LogP) is 3.86. The van der Waals surface area contributed by atoms with Crippen molar-refractivity contribution in [3.8, 4) is 0 Å². The van der Waals surface area contributed by atoms with Crippen molar-refractivity contribution in [3.05, 3.63) is 47.5 Å². The highest BCUT2D eigenvalue weighted by atomic mass is 19.4. The molecule has 1 atom stereocenters. The Labute approximate surface area is 254 Å². The van der Waals surface area contributed by atoms with Gasteiger partial charge in [-0.15, -0.1) is 0 Å². The van der Waals surface area contributed by atoms with E-state index in [9.17, 15) is 39.5 Å². The molecule has 2 aliphatic heterocycles. The van der Waals surface area contributed by atoms with Gasteiger partial charge < -0.3 is 30.1 Å². The molecule has 1 saturated heterocycles. The number of halogens is 9. The Hall–Kier alpha value is -3.98. The van der Waals surface area contributed by atoms with Gasteiger partial charge in [0.1, 0.15) is 6.10 Å². The lowest BCUT2D eigenvalue weighted by atomic mass is 10.00. The number of hydrogen-bond donors (Lipinski definition) is 4. The van der Waals surface area contributed by atoms with E-state index in [1.807, 2.05) is 29.1 Å². The van der Waals surface area contributed by atoms with Crippen LogP contribution in [-0.4, -0.2) is 99.4 Å². The molecule has 260 valence electrons. The fourth-order valence-corrected chi connectivity index (χ4v) is 3.59. The van der Waals surface area contributed by atoms with Gasteiger partial charge in [0.2, 0.25) is 0 Å². The highest BCUT2D eigenvalue weighted by Crippen LogP contribution is 2.26. The van der Waals surface area contributed by atoms with E-state index in [4.69, 9.17) is 44.3 Å². The van der Waals surface area contributed by atoms with Crippen LogP contribution in [-0.2, 0) is 36.8 Å². The molecule has 0 radical (unpaired) electrons. The molecule has 4 rings (SSSR count). The third-order valence-corrected chi connectivity index (χ3v) is 5.75. The quantitative estimate of drug-likeness (QED) is 0.326.